The van der Waals surface area contributed by atoms with Crippen LogP contribution in [0.15, 0.2) is 52.0 Å². The number of benzene rings is 2. The summed E-state index contributed by atoms with van der Waals surface area (Å²) in [5, 5.41) is 4.92. The molecule has 1 N–H and O–H groups in total. The molecule has 0 fully saturated rings. The number of carbonyl (C=O) groups is 1. The topological polar surface area (TPSA) is 41.5 Å². The van der Waals surface area contributed by atoms with Crippen LogP contribution in [0, 0.1) is 0 Å². The van der Waals surface area contributed by atoms with Crippen LogP contribution in [0.1, 0.15) is 11.1 Å². The highest BCUT2D eigenvalue weighted by molar-refractivity contribution is 9.10. The van der Waals surface area contributed by atoms with Crippen molar-refractivity contribution in [2.45, 2.75) is 6.42 Å². The minimum atomic E-state index is -0.196. The Kier molecular flexibility index (Phi) is 5.79. The van der Waals surface area contributed by atoms with Gasteiger partial charge < -0.3 is 0 Å². The fourth-order valence-corrected chi connectivity index (χ4v) is 2.33. The van der Waals surface area contributed by atoms with Gasteiger partial charge in [-0.2, -0.15) is 5.10 Å². The minimum absolute atomic E-state index is 0.196. The Hall–Kier alpha value is -1.36. The lowest BCUT2D eigenvalue weighted by molar-refractivity contribution is -0.120. The van der Waals surface area contributed by atoms with Crippen molar-refractivity contribution >= 4 is 51.3 Å². The van der Waals surface area contributed by atoms with E-state index in [2.05, 4.69) is 26.5 Å². The van der Waals surface area contributed by atoms with Gasteiger partial charge >= 0.3 is 0 Å². The summed E-state index contributed by atoms with van der Waals surface area (Å²) >= 11 is 15.1. The van der Waals surface area contributed by atoms with Crippen LogP contribution < -0.4 is 5.43 Å². The first-order chi connectivity index (χ1) is 10.0. The standard InChI is InChI=1S/C15H11BrCl2N2O/c16-12-4-1-10(2-5-12)7-15(21)20-19-9-11-3-6-13(17)8-14(11)18/h1-6,8-9H,7H2,(H,20,21)/b19-9+. The van der Waals surface area contributed by atoms with Crippen LogP contribution in [0.25, 0.3) is 0 Å². The molecule has 0 saturated carbocycles. The van der Waals surface area contributed by atoms with Gasteiger partial charge in [0.1, 0.15) is 0 Å². The number of carbonyl (C=O) groups excluding carboxylic acids is 1. The third-order valence-corrected chi connectivity index (χ3v) is 3.72. The van der Waals surface area contributed by atoms with Crippen LogP contribution in [0.3, 0.4) is 0 Å². The van der Waals surface area contributed by atoms with Crippen LogP contribution in [0.2, 0.25) is 10.0 Å². The van der Waals surface area contributed by atoms with E-state index in [9.17, 15) is 4.79 Å². The molecule has 0 aliphatic rings. The van der Waals surface area contributed by atoms with Gasteiger partial charge in [-0.1, -0.05) is 57.3 Å². The number of halogens is 3. The molecule has 2 rings (SSSR count). The molecule has 0 spiro atoms. The average Bonchev–Trinajstić information content (AvgIpc) is 2.44. The van der Waals surface area contributed by atoms with Gasteiger partial charge in [0.2, 0.25) is 5.91 Å². The first-order valence-corrected chi connectivity index (χ1v) is 7.61. The molecule has 2 aromatic carbocycles. The molecule has 0 atom stereocenters. The van der Waals surface area contributed by atoms with Gasteiger partial charge in [-0.05, 0) is 29.8 Å². The van der Waals surface area contributed by atoms with Gasteiger partial charge in [-0.3, -0.25) is 4.79 Å². The lowest BCUT2D eigenvalue weighted by Crippen LogP contribution is -2.19. The number of nitrogens with zero attached hydrogens (tertiary/aromatic N) is 1. The molecule has 0 heterocycles. The molecule has 2 aromatic rings. The molecule has 0 aliphatic heterocycles. The summed E-state index contributed by atoms with van der Waals surface area (Å²) in [7, 11) is 0. The zero-order valence-electron chi connectivity index (χ0n) is 10.8. The first kappa shape index (κ1) is 16.0. The first-order valence-electron chi connectivity index (χ1n) is 6.06. The van der Waals surface area contributed by atoms with Crippen molar-refractivity contribution in [3.05, 3.63) is 68.1 Å². The summed E-state index contributed by atoms with van der Waals surface area (Å²) in [6.45, 7) is 0. The zero-order valence-corrected chi connectivity index (χ0v) is 13.9. The highest BCUT2D eigenvalue weighted by atomic mass is 79.9. The summed E-state index contributed by atoms with van der Waals surface area (Å²) in [5.41, 5.74) is 4.06. The maximum Gasteiger partial charge on any atom is 0.244 e. The fraction of sp³-hybridized carbons (Fsp3) is 0.0667. The van der Waals surface area contributed by atoms with Gasteiger partial charge in [-0.25, -0.2) is 5.43 Å². The Labute approximate surface area is 141 Å². The third-order valence-electron chi connectivity index (χ3n) is 2.63. The predicted octanol–water partition coefficient (Wildman–Crippen LogP) is 4.45. The van der Waals surface area contributed by atoms with Crippen LogP contribution in [0.4, 0.5) is 0 Å². The lowest BCUT2D eigenvalue weighted by atomic mass is 10.1. The van der Waals surface area contributed by atoms with Crippen molar-refractivity contribution in [1.82, 2.24) is 5.43 Å². The van der Waals surface area contributed by atoms with Gasteiger partial charge in [0, 0.05) is 15.1 Å². The van der Waals surface area contributed by atoms with Crippen molar-refractivity contribution in [3.8, 4) is 0 Å². The Morgan fingerprint density at radius 1 is 1.19 bits per heavy atom. The Bertz CT molecular complexity index is 672. The molecule has 0 bridgehead atoms. The van der Waals surface area contributed by atoms with Crippen molar-refractivity contribution < 1.29 is 4.79 Å². The number of nitrogens with one attached hydrogen (secondary N) is 1. The van der Waals surface area contributed by atoms with Crippen molar-refractivity contribution in [2.75, 3.05) is 0 Å². The predicted molar refractivity (Wildman–Crippen MR) is 90.0 cm³/mol. The Balaban J connectivity index is 1.91. The van der Waals surface area contributed by atoms with E-state index >= 15 is 0 Å². The van der Waals surface area contributed by atoms with Crippen molar-refractivity contribution in [3.63, 3.8) is 0 Å². The summed E-state index contributed by atoms with van der Waals surface area (Å²) in [6, 6.07) is 12.6. The quantitative estimate of drug-likeness (QED) is 0.613. The molecule has 108 valence electrons. The van der Waals surface area contributed by atoms with E-state index in [0.717, 1.165) is 10.0 Å². The van der Waals surface area contributed by atoms with E-state index in [1.807, 2.05) is 24.3 Å². The number of hydrazone groups is 1. The van der Waals surface area contributed by atoms with E-state index in [1.165, 1.54) is 6.21 Å². The van der Waals surface area contributed by atoms with E-state index < -0.39 is 0 Å². The summed E-state index contributed by atoms with van der Waals surface area (Å²) in [5.74, 6) is -0.196. The monoisotopic (exact) mass is 384 g/mol. The minimum Gasteiger partial charge on any atom is -0.273 e. The molecule has 0 aromatic heterocycles. The highest BCUT2D eigenvalue weighted by Gasteiger charge is 2.02. The zero-order chi connectivity index (χ0) is 15.2. The second-order valence-electron chi connectivity index (χ2n) is 4.26. The maximum atomic E-state index is 11.7. The smallest absolute Gasteiger partial charge is 0.244 e. The fourth-order valence-electron chi connectivity index (χ4n) is 1.61. The Morgan fingerprint density at radius 3 is 2.57 bits per heavy atom. The molecular weight excluding hydrogens is 375 g/mol. The normalized spacial score (nSPS) is 10.8. The van der Waals surface area contributed by atoms with Crippen molar-refractivity contribution in [1.29, 1.82) is 0 Å². The molecular formula is C15H11BrCl2N2O. The van der Waals surface area contributed by atoms with Crippen LogP contribution in [0.5, 0.6) is 0 Å². The third kappa shape index (κ3) is 5.16. The maximum absolute atomic E-state index is 11.7. The summed E-state index contributed by atoms with van der Waals surface area (Å²) in [4.78, 5) is 11.7. The van der Waals surface area contributed by atoms with E-state index in [4.69, 9.17) is 23.2 Å². The number of hydrogen-bond donors (Lipinski definition) is 1. The van der Waals surface area contributed by atoms with Crippen LogP contribution >= 0.6 is 39.1 Å². The molecule has 3 nitrogen and oxygen atoms in total. The van der Waals surface area contributed by atoms with Crippen molar-refractivity contribution in [2.24, 2.45) is 5.10 Å². The average molecular weight is 386 g/mol. The molecule has 21 heavy (non-hydrogen) atoms. The van der Waals surface area contributed by atoms with Gasteiger partial charge in [0.15, 0.2) is 0 Å². The molecule has 1 amide bonds. The largest absolute Gasteiger partial charge is 0.273 e. The number of rotatable bonds is 4. The lowest BCUT2D eigenvalue weighted by Gasteiger charge is -2.01. The molecule has 0 aliphatic carbocycles. The SMILES string of the molecule is O=C(Cc1ccc(Br)cc1)N/N=C/c1ccc(Cl)cc1Cl. The molecule has 0 unspecified atom stereocenters. The van der Waals surface area contributed by atoms with E-state index in [0.29, 0.717) is 15.6 Å². The molecule has 0 saturated heterocycles. The van der Waals surface area contributed by atoms with Crippen LogP contribution in [-0.2, 0) is 11.2 Å². The van der Waals surface area contributed by atoms with E-state index in [-0.39, 0.29) is 12.3 Å². The Morgan fingerprint density at radius 2 is 1.90 bits per heavy atom. The van der Waals surface area contributed by atoms with Gasteiger partial charge in [0.25, 0.3) is 0 Å². The van der Waals surface area contributed by atoms with E-state index in [1.54, 1.807) is 18.2 Å². The molecule has 6 heteroatoms. The van der Waals surface area contributed by atoms with Crippen LogP contribution in [-0.4, -0.2) is 12.1 Å². The highest BCUT2D eigenvalue weighted by Crippen LogP contribution is 2.19. The number of hydrogen-bond acceptors (Lipinski definition) is 2. The van der Waals surface area contributed by atoms with Gasteiger partial charge in [-0.15, -0.1) is 0 Å². The second-order valence-corrected chi connectivity index (χ2v) is 6.02. The second kappa shape index (κ2) is 7.59. The number of amides is 1. The van der Waals surface area contributed by atoms with Gasteiger partial charge in [0.05, 0.1) is 17.7 Å². The summed E-state index contributed by atoms with van der Waals surface area (Å²) in [6.07, 6.45) is 1.75. The summed E-state index contributed by atoms with van der Waals surface area (Å²) < 4.78 is 0.974. The molecule has 0 radical (unpaired) electrons.